The maximum absolute atomic E-state index is 13.5. The molecule has 6 heteroatoms. The molecule has 0 saturated carbocycles. The Balaban J connectivity index is 2.36. The fourth-order valence-electron chi connectivity index (χ4n) is 2.01. The summed E-state index contributed by atoms with van der Waals surface area (Å²) in [5.74, 6) is -0.385. The Labute approximate surface area is 132 Å². The first kappa shape index (κ1) is 13.1. The molecule has 0 aliphatic heterocycles. The third kappa shape index (κ3) is 2.42. The molecule has 0 fully saturated rings. The number of halogens is 3. The van der Waals surface area contributed by atoms with Gasteiger partial charge in [0.1, 0.15) is 5.82 Å². The minimum atomic E-state index is -0.385. The van der Waals surface area contributed by atoms with E-state index < -0.39 is 0 Å². The monoisotopic (exact) mass is 404 g/mol. The van der Waals surface area contributed by atoms with Crippen LogP contribution in [0.25, 0.3) is 16.7 Å². The Bertz CT molecular complexity index is 820. The van der Waals surface area contributed by atoms with Crippen LogP contribution in [-0.4, -0.2) is 9.55 Å². The number of aromatic amines is 1. The summed E-state index contributed by atoms with van der Waals surface area (Å²) in [6.45, 7) is 0. The van der Waals surface area contributed by atoms with Crippen LogP contribution >= 0.6 is 46.4 Å². The first-order chi connectivity index (χ1) is 9.04. The highest BCUT2D eigenvalue weighted by Crippen LogP contribution is 2.24. The van der Waals surface area contributed by atoms with Crippen molar-refractivity contribution in [2.75, 3.05) is 0 Å². The van der Waals surface area contributed by atoms with E-state index in [2.05, 4.69) is 27.6 Å². The molecular formula is C13H7ClFIN2S. The molecule has 0 saturated heterocycles. The van der Waals surface area contributed by atoms with E-state index in [1.165, 1.54) is 12.1 Å². The molecule has 96 valence electrons. The van der Waals surface area contributed by atoms with Gasteiger partial charge in [-0.05, 0) is 71.2 Å². The van der Waals surface area contributed by atoms with Crippen LogP contribution in [0.5, 0.6) is 0 Å². The Hall–Kier alpha value is -0.920. The van der Waals surface area contributed by atoms with Gasteiger partial charge in [-0.2, -0.15) is 0 Å². The lowest BCUT2D eigenvalue weighted by atomic mass is 10.2. The summed E-state index contributed by atoms with van der Waals surface area (Å²) < 4.78 is 16.9. The number of nitrogens with one attached hydrogen (secondary N) is 1. The van der Waals surface area contributed by atoms with Gasteiger partial charge < -0.3 is 4.98 Å². The highest BCUT2D eigenvalue weighted by Gasteiger charge is 2.08. The zero-order valence-electron chi connectivity index (χ0n) is 9.45. The predicted octanol–water partition coefficient (Wildman–Crippen LogP) is 5.09. The zero-order chi connectivity index (χ0) is 13.6. The van der Waals surface area contributed by atoms with Gasteiger partial charge in [-0.1, -0.05) is 11.6 Å². The topological polar surface area (TPSA) is 20.7 Å². The second-order valence-corrected chi connectivity index (χ2v) is 6.12. The Morgan fingerprint density at radius 1 is 1.21 bits per heavy atom. The predicted molar refractivity (Wildman–Crippen MR) is 86.1 cm³/mol. The van der Waals surface area contributed by atoms with Crippen LogP contribution in [-0.2, 0) is 0 Å². The third-order valence-corrected chi connectivity index (χ3v) is 3.92. The van der Waals surface area contributed by atoms with Gasteiger partial charge in [0, 0.05) is 8.59 Å². The highest BCUT2D eigenvalue weighted by atomic mass is 127. The van der Waals surface area contributed by atoms with Gasteiger partial charge in [0.15, 0.2) is 4.77 Å². The molecule has 0 aliphatic rings. The van der Waals surface area contributed by atoms with Crippen molar-refractivity contribution < 1.29 is 4.39 Å². The average Bonchev–Trinajstić information content (AvgIpc) is 2.62. The first-order valence-electron chi connectivity index (χ1n) is 5.41. The van der Waals surface area contributed by atoms with Crippen molar-refractivity contribution >= 4 is 57.4 Å². The first-order valence-corrected chi connectivity index (χ1v) is 7.28. The van der Waals surface area contributed by atoms with Crippen molar-refractivity contribution in [3.05, 3.63) is 55.6 Å². The number of fused-ring (bicyclic) bond motifs is 1. The van der Waals surface area contributed by atoms with Crippen LogP contribution in [0.2, 0.25) is 5.02 Å². The summed E-state index contributed by atoms with van der Waals surface area (Å²) in [4.78, 5) is 3.11. The summed E-state index contributed by atoms with van der Waals surface area (Å²) in [6.07, 6.45) is 0. The van der Waals surface area contributed by atoms with Crippen LogP contribution in [0, 0.1) is 14.2 Å². The van der Waals surface area contributed by atoms with E-state index in [1.54, 1.807) is 10.6 Å². The molecule has 3 rings (SSSR count). The van der Waals surface area contributed by atoms with Crippen LogP contribution in [0.4, 0.5) is 4.39 Å². The van der Waals surface area contributed by atoms with Crippen LogP contribution in [0.3, 0.4) is 0 Å². The average molecular weight is 405 g/mol. The highest BCUT2D eigenvalue weighted by molar-refractivity contribution is 14.1. The van der Waals surface area contributed by atoms with Crippen LogP contribution < -0.4 is 0 Å². The molecule has 0 aliphatic carbocycles. The fraction of sp³-hybridized carbons (Fsp3) is 0. The molecule has 1 heterocycles. The minimum absolute atomic E-state index is 0.344. The summed E-state index contributed by atoms with van der Waals surface area (Å²) >= 11 is 13.4. The maximum atomic E-state index is 13.5. The van der Waals surface area contributed by atoms with Gasteiger partial charge in [0.25, 0.3) is 0 Å². The number of aromatic nitrogens is 2. The zero-order valence-corrected chi connectivity index (χ0v) is 13.2. The van der Waals surface area contributed by atoms with Crippen LogP contribution in [0.15, 0.2) is 36.4 Å². The Morgan fingerprint density at radius 2 is 2.00 bits per heavy atom. The molecule has 3 aromatic rings. The number of rotatable bonds is 1. The van der Waals surface area contributed by atoms with Crippen molar-refractivity contribution in [2.24, 2.45) is 0 Å². The van der Waals surface area contributed by atoms with E-state index in [0.29, 0.717) is 15.5 Å². The van der Waals surface area contributed by atoms with E-state index in [-0.39, 0.29) is 5.82 Å². The van der Waals surface area contributed by atoms with Crippen molar-refractivity contribution in [3.8, 4) is 5.69 Å². The van der Waals surface area contributed by atoms with Gasteiger partial charge in [-0.15, -0.1) is 0 Å². The van der Waals surface area contributed by atoms with Crippen LogP contribution in [0.1, 0.15) is 0 Å². The van der Waals surface area contributed by atoms with Gasteiger partial charge >= 0.3 is 0 Å². The molecule has 2 aromatic carbocycles. The number of benzene rings is 2. The molecule has 0 radical (unpaired) electrons. The summed E-state index contributed by atoms with van der Waals surface area (Å²) in [5.41, 5.74) is 2.42. The number of hydrogen-bond acceptors (Lipinski definition) is 1. The normalized spacial score (nSPS) is 11.1. The van der Waals surface area contributed by atoms with Gasteiger partial charge in [-0.3, -0.25) is 4.57 Å². The van der Waals surface area contributed by atoms with Gasteiger partial charge in [-0.25, -0.2) is 4.39 Å². The van der Waals surface area contributed by atoms with Crippen molar-refractivity contribution in [1.29, 1.82) is 0 Å². The smallest absolute Gasteiger partial charge is 0.182 e. The second kappa shape index (κ2) is 4.88. The Morgan fingerprint density at radius 3 is 2.74 bits per heavy atom. The van der Waals surface area contributed by atoms with Gasteiger partial charge in [0.2, 0.25) is 0 Å². The quantitative estimate of drug-likeness (QED) is 0.443. The number of hydrogen-bond donors (Lipinski definition) is 1. The molecule has 2 nitrogen and oxygen atoms in total. The SMILES string of the molecule is Fc1cc(Cl)cc(-n2c(=S)[nH]c3cc(I)ccc32)c1. The minimum Gasteiger partial charge on any atom is -0.330 e. The van der Waals surface area contributed by atoms with E-state index in [4.69, 9.17) is 23.8 Å². The van der Waals surface area contributed by atoms with E-state index in [9.17, 15) is 4.39 Å². The maximum Gasteiger partial charge on any atom is 0.182 e. The fourth-order valence-corrected chi connectivity index (χ4v) is 3.03. The lowest BCUT2D eigenvalue weighted by Gasteiger charge is -2.05. The molecule has 0 spiro atoms. The molecule has 0 unspecified atom stereocenters. The van der Waals surface area contributed by atoms with Crippen molar-refractivity contribution in [1.82, 2.24) is 9.55 Å². The largest absolute Gasteiger partial charge is 0.330 e. The number of H-pyrrole nitrogens is 1. The van der Waals surface area contributed by atoms with Crippen molar-refractivity contribution in [2.45, 2.75) is 0 Å². The van der Waals surface area contributed by atoms with E-state index in [0.717, 1.165) is 14.6 Å². The molecule has 0 bridgehead atoms. The molecule has 0 atom stereocenters. The van der Waals surface area contributed by atoms with E-state index >= 15 is 0 Å². The third-order valence-electron chi connectivity index (χ3n) is 2.75. The molecule has 1 aromatic heterocycles. The van der Waals surface area contributed by atoms with Crippen molar-refractivity contribution in [3.63, 3.8) is 0 Å². The molecule has 0 amide bonds. The Kier molecular flexibility index (Phi) is 3.36. The number of nitrogens with zero attached hydrogens (tertiary/aromatic N) is 1. The summed E-state index contributed by atoms with van der Waals surface area (Å²) in [6, 6.07) is 10.3. The van der Waals surface area contributed by atoms with E-state index in [1.807, 2.05) is 18.2 Å². The van der Waals surface area contributed by atoms with Gasteiger partial charge in [0.05, 0.1) is 16.7 Å². The lowest BCUT2D eigenvalue weighted by molar-refractivity contribution is 0.627. The standard InChI is InChI=1S/C13H7ClFIN2S/c14-7-3-8(15)5-10(4-7)18-12-2-1-9(16)6-11(12)17-13(18)19/h1-6H,(H,17,19). The second-order valence-electron chi connectivity index (χ2n) is 4.05. The molecule has 1 N–H and O–H groups in total. The summed E-state index contributed by atoms with van der Waals surface area (Å²) in [5, 5.41) is 0.344. The molecule has 19 heavy (non-hydrogen) atoms. The lowest BCUT2D eigenvalue weighted by Crippen LogP contribution is -1.95. The number of imidazole rings is 1. The summed E-state index contributed by atoms with van der Waals surface area (Å²) in [7, 11) is 0. The molecular weight excluding hydrogens is 398 g/mol.